The van der Waals surface area contributed by atoms with Crippen molar-refractivity contribution >= 4 is 23.0 Å². The van der Waals surface area contributed by atoms with Gasteiger partial charge in [-0.15, -0.1) is 11.3 Å². The summed E-state index contributed by atoms with van der Waals surface area (Å²) in [5.74, 6) is 0.727. The number of carbonyl (C=O) groups is 2. The maximum absolute atomic E-state index is 12.3. The largest absolute Gasteiger partial charge is 0.484 e. The van der Waals surface area contributed by atoms with Gasteiger partial charge < -0.3 is 9.64 Å². The maximum Gasteiger partial charge on any atom is 0.260 e. The predicted octanol–water partition coefficient (Wildman–Crippen LogP) is 3.06. The molecule has 1 amide bonds. The van der Waals surface area contributed by atoms with Crippen LogP contribution in [-0.2, 0) is 11.3 Å². The van der Waals surface area contributed by atoms with Crippen LogP contribution in [0, 0.1) is 0 Å². The fourth-order valence-corrected chi connectivity index (χ4v) is 3.70. The third kappa shape index (κ3) is 4.93. The number of ether oxygens (including phenoxy) is 1. The summed E-state index contributed by atoms with van der Waals surface area (Å²) in [6.45, 7) is 6.07. The van der Waals surface area contributed by atoms with E-state index in [2.05, 4.69) is 22.4 Å². The fourth-order valence-electron chi connectivity index (χ4n) is 2.96. The van der Waals surface area contributed by atoms with E-state index in [0.717, 1.165) is 32.7 Å². The summed E-state index contributed by atoms with van der Waals surface area (Å²) in [6, 6.07) is 11.2. The number of hydrogen-bond acceptors (Lipinski definition) is 5. The summed E-state index contributed by atoms with van der Waals surface area (Å²) in [6.07, 6.45) is 0.483. The summed E-state index contributed by atoms with van der Waals surface area (Å²) in [5, 5.41) is 2.09. The average molecular weight is 372 g/mol. The van der Waals surface area contributed by atoms with Crippen LogP contribution in [0.4, 0.5) is 0 Å². The van der Waals surface area contributed by atoms with E-state index >= 15 is 0 Å². The minimum atomic E-state index is 0.00878. The van der Waals surface area contributed by atoms with Crippen molar-refractivity contribution in [2.75, 3.05) is 32.8 Å². The van der Waals surface area contributed by atoms with Crippen LogP contribution in [0.1, 0.15) is 28.6 Å². The van der Waals surface area contributed by atoms with Gasteiger partial charge >= 0.3 is 0 Å². The molecule has 0 atom stereocenters. The SMILES string of the molecule is CCC(=O)c1ccc(OCC(=O)N2CCN(Cc3cccs3)CC2)cc1. The molecule has 3 rings (SSSR count). The van der Waals surface area contributed by atoms with Gasteiger partial charge in [-0.1, -0.05) is 13.0 Å². The van der Waals surface area contributed by atoms with Crippen LogP contribution in [0.2, 0.25) is 0 Å². The van der Waals surface area contributed by atoms with Crippen LogP contribution in [0.15, 0.2) is 41.8 Å². The van der Waals surface area contributed by atoms with Gasteiger partial charge in [0.25, 0.3) is 5.91 Å². The molecule has 1 aromatic carbocycles. The Morgan fingerprint density at radius 3 is 2.42 bits per heavy atom. The summed E-state index contributed by atoms with van der Waals surface area (Å²) >= 11 is 1.77. The predicted molar refractivity (Wildman–Crippen MR) is 103 cm³/mol. The summed E-state index contributed by atoms with van der Waals surface area (Å²) < 4.78 is 5.59. The molecule has 138 valence electrons. The number of rotatable bonds is 7. The van der Waals surface area contributed by atoms with E-state index in [9.17, 15) is 9.59 Å². The van der Waals surface area contributed by atoms with E-state index in [0.29, 0.717) is 17.7 Å². The van der Waals surface area contributed by atoms with Gasteiger partial charge in [-0.25, -0.2) is 0 Å². The molecule has 1 aromatic heterocycles. The number of thiophene rings is 1. The van der Waals surface area contributed by atoms with Gasteiger partial charge in [0.2, 0.25) is 0 Å². The molecular weight excluding hydrogens is 348 g/mol. The minimum Gasteiger partial charge on any atom is -0.484 e. The van der Waals surface area contributed by atoms with Crippen molar-refractivity contribution in [3.05, 3.63) is 52.2 Å². The first-order valence-corrected chi connectivity index (χ1v) is 9.82. The highest BCUT2D eigenvalue weighted by atomic mass is 32.1. The quantitative estimate of drug-likeness (QED) is 0.701. The summed E-state index contributed by atoms with van der Waals surface area (Å²) in [4.78, 5) is 29.6. The van der Waals surface area contributed by atoms with Crippen LogP contribution in [-0.4, -0.2) is 54.3 Å². The van der Waals surface area contributed by atoms with Crippen molar-refractivity contribution in [2.24, 2.45) is 0 Å². The standard InChI is InChI=1S/C20H24N2O3S/c1-2-19(23)16-5-7-17(8-6-16)25-15-20(24)22-11-9-21(10-12-22)14-18-4-3-13-26-18/h3-8,13H,2,9-12,14-15H2,1H3. The molecule has 0 aliphatic carbocycles. The lowest BCUT2D eigenvalue weighted by Gasteiger charge is -2.34. The number of piperazine rings is 1. The Hall–Kier alpha value is -2.18. The van der Waals surface area contributed by atoms with E-state index in [1.54, 1.807) is 35.6 Å². The van der Waals surface area contributed by atoms with Gasteiger partial charge in [-0.05, 0) is 35.7 Å². The van der Waals surface area contributed by atoms with Gasteiger partial charge in [0, 0.05) is 49.6 Å². The third-order valence-corrected chi connectivity index (χ3v) is 5.41. The number of ketones is 1. The van der Waals surface area contributed by atoms with Crippen molar-refractivity contribution in [1.82, 2.24) is 9.80 Å². The van der Waals surface area contributed by atoms with E-state index in [1.807, 2.05) is 11.8 Å². The van der Waals surface area contributed by atoms with Crippen LogP contribution < -0.4 is 4.74 Å². The highest BCUT2D eigenvalue weighted by molar-refractivity contribution is 7.09. The minimum absolute atomic E-state index is 0.00878. The molecule has 0 N–H and O–H groups in total. The zero-order chi connectivity index (χ0) is 18.4. The number of benzene rings is 1. The molecule has 1 aliphatic heterocycles. The Kier molecular flexibility index (Phi) is 6.41. The Morgan fingerprint density at radius 2 is 1.81 bits per heavy atom. The molecule has 1 aliphatic rings. The first kappa shape index (κ1) is 18.6. The van der Waals surface area contributed by atoms with Crippen molar-refractivity contribution in [2.45, 2.75) is 19.9 Å². The van der Waals surface area contributed by atoms with E-state index in [4.69, 9.17) is 4.74 Å². The molecule has 0 saturated carbocycles. The second kappa shape index (κ2) is 8.96. The molecule has 5 nitrogen and oxygen atoms in total. The van der Waals surface area contributed by atoms with Gasteiger partial charge in [-0.2, -0.15) is 0 Å². The number of Topliss-reactive ketones (excluding diaryl/α,β-unsaturated/α-hetero) is 1. The van der Waals surface area contributed by atoms with Crippen molar-refractivity contribution in [3.63, 3.8) is 0 Å². The first-order chi connectivity index (χ1) is 12.7. The number of nitrogens with zero attached hydrogens (tertiary/aromatic N) is 2. The van der Waals surface area contributed by atoms with E-state index in [1.165, 1.54) is 4.88 Å². The highest BCUT2D eigenvalue weighted by Crippen LogP contribution is 2.15. The van der Waals surface area contributed by atoms with Crippen LogP contribution in [0.5, 0.6) is 5.75 Å². The highest BCUT2D eigenvalue weighted by Gasteiger charge is 2.21. The Balaban J connectivity index is 1.42. The number of hydrogen-bond donors (Lipinski definition) is 0. The van der Waals surface area contributed by atoms with Crippen molar-refractivity contribution < 1.29 is 14.3 Å². The zero-order valence-electron chi connectivity index (χ0n) is 15.0. The van der Waals surface area contributed by atoms with Crippen molar-refractivity contribution in [1.29, 1.82) is 0 Å². The molecular formula is C20H24N2O3S. The molecule has 2 heterocycles. The Labute approximate surface area is 158 Å². The van der Waals surface area contributed by atoms with Gasteiger partial charge in [0.15, 0.2) is 12.4 Å². The molecule has 26 heavy (non-hydrogen) atoms. The first-order valence-electron chi connectivity index (χ1n) is 8.94. The van der Waals surface area contributed by atoms with Gasteiger partial charge in [-0.3, -0.25) is 14.5 Å². The number of carbonyl (C=O) groups excluding carboxylic acids is 2. The monoisotopic (exact) mass is 372 g/mol. The molecule has 0 radical (unpaired) electrons. The lowest BCUT2D eigenvalue weighted by molar-refractivity contribution is -0.135. The van der Waals surface area contributed by atoms with Gasteiger partial charge in [0.05, 0.1) is 0 Å². The second-order valence-corrected chi connectivity index (χ2v) is 7.36. The van der Waals surface area contributed by atoms with Gasteiger partial charge in [0.1, 0.15) is 5.75 Å². The Bertz CT molecular complexity index is 720. The Morgan fingerprint density at radius 1 is 1.08 bits per heavy atom. The summed E-state index contributed by atoms with van der Waals surface area (Å²) in [5.41, 5.74) is 0.674. The lowest BCUT2D eigenvalue weighted by Crippen LogP contribution is -2.49. The van der Waals surface area contributed by atoms with E-state index in [-0.39, 0.29) is 18.3 Å². The molecule has 0 bridgehead atoms. The molecule has 1 saturated heterocycles. The molecule has 0 unspecified atom stereocenters. The molecule has 1 fully saturated rings. The zero-order valence-corrected chi connectivity index (χ0v) is 15.8. The lowest BCUT2D eigenvalue weighted by atomic mass is 10.1. The smallest absolute Gasteiger partial charge is 0.260 e. The van der Waals surface area contributed by atoms with Crippen LogP contribution >= 0.6 is 11.3 Å². The maximum atomic E-state index is 12.3. The topological polar surface area (TPSA) is 49.9 Å². The average Bonchev–Trinajstić information content (AvgIpc) is 3.19. The molecule has 6 heteroatoms. The normalized spacial score (nSPS) is 15.0. The third-order valence-electron chi connectivity index (χ3n) is 4.54. The van der Waals surface area contributed by atoms with Crippen molar-refractivity contribution in [3.8, 4) is 5.75 Å². The van der Waals surface area contributed by atoms with Crippen LogP contribution in [0.3, 0.4) is 0 Å². The molecule has 2 aromatic rings. The fraction of sp³-hybridized carbons (Fsp3) is 0.400. The summed E-state index contributed by atoms with van der Waals surface area (Å²) in [7, 11) is 0. The van der Waals surface area contributed by atoms with E-state index < -0.39 is 0 Å². The molecule has 0 spiro atoms. The van der Waals surface area contributed by atoms with Crippen LogP contribution in [0.25, 0.3) is 0 Å². The number of amides is 1. The second-order valence-electron chi connectivity index (χ2n) is 6.33.